The van der Waals surface area contributed by atoms with Crippen molar-refractivity contribution in [1.82, 2.24) is 19.3 Å². The maximum absolute atomic E-state index is 14.4. The van der Waals surface area contributed by atoms with Crippen LogP contribution in [0.2, 0.25) is 0 Å². The Kier molecular flexibility index (Phi) is 5.08. The maximum atomic E-state index is 14.4. The molecule has 154 valence electrons. The Labute approximate surface area is 171 Å². The zero-order valence-electron chi connectivity index (χ0n) is 16.0. The average Bonchev–Trinajstić information content (AvgIpc) is 3.30. The summed E-state index contributed by atoms with van der Waals surface area (Å²) < 4.78 is 40.9. The lowest BCUT2D eigenvalue weighted by molar-refractivity contribution is -0.116. The largest absolute Gasteiger partial charge is 0.324 e. The minimum Gasteiger partial charge on any atom is -0.324 e. The molecule has 0 atom stereocenters. The monoisotopic (exact) mass is 427 g/mol. The maximum Gasteiger partial charge on any atom is 0.244 e. The van der Waals surface area contributed by atoms with Gasteiger partial charge in [0.05, 0.1) is 11.0 Å². The number of hydrogen-bond acceptors (Lipinski definition) is 5. The van der Waals surface area contributed by atoms with Crippen LogP contribution in [-0.4, -0.2) is 39.9 Å². The molecule has 8 nitrogen and oxygen atoms in total. The first-order chi connectivity index (χ1) is 14.3. The van der Waals surface area contributed by atoms with E-state index in [-0.39, 0.29) is 29.5 Å². The lowest BCUT2D eigenvalue weighted by Gasteiger charge is -2.11. The lowest BCUT2D eigenvalue weighted by Crippen LogP contribution is -2.21. The molecular formula is C20H18FN5O3S. The van der Waals surface area contributed by atoms with E-state index < -0.39 is 21.6 Å². The molecule has 1 amide bonds. The van der Waals surface area contributed by atoms with E-state index in [0.717, 1.165) is 6.26 Å². The summed E-state index contributed by atoms with van der Waals surface area (Å²) in [7, 11) is -3.35. The van der Waals surface area contributed by atoms with Crippen molar-refractivity contribution in [2.45, 2.75) is 12.3 Å². The number of amides is 1. The quantitative estimate of drug-likeness (QED) is 0.510. The number of anilines is 1. The van der Waals surface area contributed by atoms with Gasteiger partial charge in [-0.15, -0.1) is 0 Å². The molecule has 4 rings (SSSR count). The van der Waals surface area contributed by atoms with Gasteiger partial charge in [0.15, 0.2) is 15.7 Å². The van der Waals surface area contributed by atoms with Crippen molar-refractivity contribution in [3.8, 4) is 5.69 Å². The smallest absolute Gasteiger partial charge is 0.244 e. The topological polar surface area (TPSA) is 98.9 Å². The van der Waals surface area contributed by atoms with Crippen LogP contribution in [0, 0.1) is 5.82 Å². The lowest BCUT2D eigenvalue weighted by atomic mass is 10.2. The van der Waals surface area contributed by atoms with Gasteiger partial charge in [-0.2, -0.15) is 5.10 Å². The third-order valence-electron chi connectivity index (χ3n) is 4.41. The fourth-order valence-corrected chi connectivity index (χ4v) is 3.86. The standard InChI is InChI=1S/C20H18FN5O3S/c1-30(28,29)13-19-24-16-5-2-3-6-18(16)25(19)12-20(27)23-14-7-8-17(15(21)11-14)26-10-4-9-22-26/h2-11H,12-13H2,1H3,(H,23,27). The summed E-state index contributed by atoms with van der Waals surface area (Å²) in [5.74, 6) is -0.988. The van der Waals surface area contributed by atoms with Gasteiger partial charge < -0.3 is 9.88 Å². The van der Waals surface area contributed by atoms with Crippen LogP contribution in [0.15, 0.2) is 60.9 Å². The van der Waals surface area contributed by atoms with E-state index in [1.165, 1.54) is 16.8 Å². The van der Waals surface area contributed by atoms with Crippen molar-refractivity contribution >= 4 is 32.5 Å². The molecule has 4 aromatic rings. The van der Waals surface area contributed by atoms with Crippen molar-refractivity contribution in [3.05, 3.63) is 72.6 Å². The number of nitrogens with zero attached hydrogens (tertiary/aromatic N) is 4. The summed E-state index contributed by atoms with van der Waals surface area (Å²) in [4.78, 5) is 17.0. The second-order valence-electron chi connectivity index (χ2n) is 6.84. The first-order valence-electron chi connectivity index (χ1n) is 9.01. The van der Waals surface area contributed by atoms with Crippen molar-refractivity contribution in [2.75, 3.05) is 11.6 Å². The fraction of sp³-hybridized carbons (Fsp3) is 0.150. The number of sulfone groups is 1. The van der Waals surface area contributed by atoms with Crippen LogP contribution in [0.25, 0.3) is 16.7 Å². The molecule has 0 spiro atoms. The minimum absolute atomic E-state index is 0.159. The fourth-order valence-electron chi connectivity index (χ4n) is 3.17. The van der Waals surface area contributed by atoms with E-state index in [1.807, 2.05) is 0 Å². The second kappa shape index (κ2) is 7.71. The van der Waals surface area contributed by atoms with Crippen molar-refractivity contribution in [3.63, 3.8) is 0 Å². The average molecular weight is 427 g/mol. The Morgan fingerprint density at radius 1 is 1.17 bits per heavy atom. The number of carbonyl (C=O) groups excluding carboxylic acids is 1. The van der Waals surface area contributed by atoms with Crippen molar-refractivity contribution in [1.29, 1.82) is 0 Å². The molecule has 0 saturated carbocycles. The third-order valence-corrected chi connectivity index (χ3v) is 5.19. The van der Waals surface area contributed by atoms with Crippen LogP contribution in [0.3, 0.4) is 0 Å². The molecular weight excluding hydrogens is 409 g/mol. The SMILES string of the molecule is CS(=O)(=O)Cc1nc2ccccc2n1CC(=O)Nc1ccc(-n2cccn2)c(F)c1. The zero-order valence-corrected chi connectivity index (χ0v) is 16.8. The number of halogens is 1. The molecule has 1 N–H and O–H groups in total. The molecule has 0 aliphatic heterocycles. The molecule has 10 heteroatoms. The van der Waals surface area contributed by atoms with Gasteiger partial charge in [-0.1, -0.05) is 12.1 Å². The van der Waals surface area contributed by atoms with Crippen molar-refractivity contribution < 1.29 is 17.6 Å². The van der Waals surface area contributed by atoms with Gasteiger partial charge in [-0.25, -0.2) is 22.5 Å². The van der Waals surface area contributed by atoms with Gasteiger partial charge in [-0.05, 0) is 36.4 Å². The Morgan fingerprint density at radius 2 is 1.97 bits per heavy atom. The highest BCUT2D eigenvalue weighted by Crippen LogP contribution is 2.20. The molecule has 0 radical (unpaired) electrons. The number of rotatable bonds is 6. The van der Waals surface area contributed by atoms with E-state index in [4.69, 9.17) is 0 Å². The number of imidazole rings is 1. The Hall–Kier alpha value is -3.53. The molecule has 0 fully saturated rings. The first-order valence-corrected chi connectivity index (χ1v) is 11.1. The van der Waals surface area contributed by atoms with Gasteiger partial charge in [0.25, 0.3) is 0 Å². The highest BCUT2D eigenvalue weighted by atomic mass is 32.2. The van der Waals surface area contributed by atoms with Gasteiger partial charge in [0.2, 0.25) is 5.91 Å². The molecule has 0 aliphatic carbocycles. The summed E-state index contributed by atoms with van der Waals surface area (Å²) >= 11 is 0. The molecule has 0 unspecified atom stereocenters. The number of para-hydroxylation sites is 2. The van der Waals surface area contributed by atoms with Crippen LogP contribution >= 0.6 is 0 Å². The Bertz CT molecular complexity index is 1330. The highest BCUT2D eigenvalue weighted by Gasteiger charge is 2.17. The van der Waals surface area contributed by atoms with E-state index in [0.29, 0.717) is 11.0 Å². The number of nitrogens with one attached hydrogen (secondary N) is 1. The van der Waals surface area contributed by atoms with Gasteiger partial charge in [-0.3, -0.25) is 4.79 Å². The molecule has 0 saturated heterocycles. The summed E-state index contributed by atoms with van der Waals surface area (Å²) in [6.07, 6.45) is 4.27. The third kappa shape index (κ3) is 4.23. The summed E-state index contributed by atoms with van der Waals surface area (Å²) in [5.41, 5.74) is 1.78. The van der Waals surface area contributed by atoms with E-state index >= 15 is 0 Å². The van der Waals surface area contributed by atoms with Gasteiger partial charge in [0, 0.05) is 24.3 Å². The van der Waals surface area contributed by atoms with Crippen LogP contribution < -0.4 is 5.32 Å². The predicted molar refractivity (Wildman–Crippen MR) is 110 cm³/mol. The summed E-state index contributed by atoms with van der Waals surface area (Å²) in [5, 5.41) is 6.63. The van der Waals surface area contributed by atoms with Crippen LogP contribution in [0.1, 0.15) is 5.82 Å². The number of hydrogen-bond donors (Lipinski definition) is 1. The predicted octanol–water partition coefficient (Wildman–Crippen LogP) is 2.54. The minimum atomic E-state index is -3.35. The van der Waals surface area contributed by atoms with E-state index in [2.05, 4.69) is 15.4 Å². The molecule has 2 heterocycles. The number of aromatic nitrogens is 4. The number of carbonyl (C=O) groups is 1. The van der Waals surface area contributed by atoms with E-state index in [9.17, 15) is 17.6 Å². The van der Waals surface area contributed by atoms with Crippen LogP contribution in [0.4, 0.5) is 10.1 Å². The number of fused-ring (bicyclic) bond motifs is 1. The summed E-state index contributed by atoms with van der Waals surface area (Å²) in [6, 6.07) is 13.1. The summed E-state index contributed by atoms with van der Waals surface area (Å²) in [6.45, 7) is -0.159. The molecule has 0 bridgehead atoms. The first kappa shape index (κ1) is 19.8. The Balaban J connectivity index is 1.58. The molecule has 2 aromatic heterocycles. The normalized spacial score (nSPS) is 11.7. The highest BCUT2D eigenvalue weighted by molar-refractivity contribution is 7.89. The molecule has 2 aromatic carbocycles. The molecule has 0 aliphatic rings. The second-order valence-corrected chi connectivity index (χ2v) is 8.98. The van der Waals surface area contributed by atoms with Gasteiger partial charge in [0.1, 0.15) is 23.8 Å². The van der Waals surface area contributed by atoms with Crippen LogP contribution in [-0.2, 0) is 26.9 Å². The van der Waals surface area contributed by atoms with Crippen LogP contribution in [0.5, 0.6) is 0 Å². The number of benzene rings is 2. The van der Waals surface area contributed by atoms with Gasteiger partial charge >= 0.3 is 0 Å². The zero-order chi connectivity index (χ0) is 21.3. The van der Waals surface area contributed by atoms with E-state index in [1.54, 1.807) is 53.4 Å². The molecule has 30 heavy (non-hydrogen) atoms. The van der Waals surface area contributed by atoms with Crippen molar-refractivity contribution in [2.24, 2.45) is 0 Å². The Morgan fingerprint density at radius 3 is 2.67 bits per heavy atom.